The number of halogens is 1. The number of benzene rings is 1. The monoisotopic (exact) mass is 382 g/mol. The SMILES string of the molecule is O=C(c1cc(-c2cccs2)on1)N1CCCC1c1nc2ccc(F)cc2[nH]1. The van der Waals surface area contributed by atoms with Crippen LogP contribution >= 0.6 is 11.3 Å². The molecule has 0 radical (unpaired) electrons. The molecule has 1 N–H and O–H groups in total. The maximum atomic E-state index is 13.4. The Morgan fingerprint density at radius 2 is 2.26 bits per heavy atom. The number of aromatic nitrogens is 3. The zero-order chi connectivity index (χ0) is 18.4. The molecule has 136 valence electrons. The van der Waals surface area contributed by atoms with Crippen LogP contribution in [0.3, 0.4) is 0 Å². The van der Waals surface area contributed by atoms with Crippen LogP contribution in [-0.2, 0) is 0 Å². The van der Waals surface area contributed by atoms with Gasteiger partial charge in [-0.3, -0.25) is 4.79 Å². The number of carbonyl (C=O) groups is 1. The molecule has 1 aliphatic heterocycles. The van der Waals surface area contributed by atoms with E-state index in [2.05, 4.69) is 15.1 Å². The van der Waals surface area contributed by atoms with Crippen molar-refractivity contribution in [3.05, 3.63) is 59.1 Å². The normalized spacial score (nSPS) is 17.1. The fraction of sp³-hybridized carbons (Fsp3) is 0.211. The van der Waals surface area contributed by atoms with Crippen molar-refractivity contribution in [3.8, 4) is 10.6 Å². The minimum atomic E-state index is -0.319. The molecule has 4 heterocycles. The highest BCUT2D eigenvalue weighted by atomic mass is 32.1. The lowest BCUT2D eigenvalue weighted by Gasteiger charge is -2.21. The van der Waals surface area contributed by atoms with E-state index in [1.165, 1.54) is 23.5 Å². The van der Waals surface area contributed by atoms with Gasteiger partial charge in [0.1, 0.15) is 11.6 Å². The van der Waals surface area contributed by atoms with Gasteiger partial charge in [0.2, 0.25) is 0 Å². The highest BCUT2D eigenvalue weighted by Gasteiger charge is 2.34. The van der Waals surface area contributed by atoms with Crippen molar-refractivity contribution < 1.29 is 13.7 Å². The summed E-state index contributed by atoms with van der Waals surface area (Å²) in [5, 5.41) is 5.90. The molecule has 1 aliphatic rings. The minimum absolute atomic E-state index is 0.185. The van der Waals surface area contributed by atoms with E-state index in [0.717, 1.165) is 17.7 Å². The van der Waals surface area contributed by atoms with E-state index in [1.807, 2.05) is 17.5 Å². The number of carbonyl (C=O) groups excluding carboxylic acids is 1. The van der Waals surface area contributed by atoms with Crippen LogP contribution in [0.2, 0.25) is 0 Å². The number of hydrogen-bond acceptors (Lipinski definition) is 5. The Labute approximate surface area is 157 Å². The van der Waals surface area contributed by atoms with Gasteiger partial charge in [-0.1, -0.05) is 11.2 Å². The average Bonchev–Trinajstić information content (AvgIpc) is 3.46. The van der Waals surface area contributed by atoms with E-state index in [9.17, 15) is 9.18 Å². The number of thiophene rings is 1. The predicted molar refractivity (Wildman–Crippen MR) is 98.9 cm³/mol. The molecule has 5 rings (SSSR count). The number of H-pyrrole nitrogens is 1. The number of amides is 1. The number of fused-ring (bicyclic) bond motifs is 1. The molecule has 3 aromatic heterocycles. The second-order valence-electron chi connectivity index (χ2n) is 6.49. The smallest absolute Gasteiger partial charge is 0.276 e. The fourth-order valence-electron chi connectivity index (χ4n) is 3.51. The Morgan fingerprint density at radius 1 is 1.33 bits per heavy atom. The van der Waals surface area contributed by atoms with E-state index >= 15 is 0 Å². The van der Waals surface area contributed by atoms with Crippen molar-refractivity contribution in [3.63, 3.8) is 0 Å². The molecule has 1 saturated heterocycles. The quantitative estimate of drug-likeness (QED) is 0.570. The second-order valence-corrected chi connectivity index (χ2v) is 7.44. The van der Waals surface area contributed by atoms with E-state index in [4.69, 9.17) is 4.52 Å². The Morgan fingerprint density at radius 3 is 3.11 bits per heavy atom. The lowest BCUT2D eigenvalue weighted by atomic mass is 10.2. The number of nitrogens with zero attached hydrogens (tertiary/aromatic N) is 3. The summed E-state index contributed by atoms with van der Waals surface area (Å²) in [5.74, 6) is 0.753. The molecule has 8 heteroatoms. The summed E-state index contributed by atoms with van der Waals surface area (Å²) in [6.45, 7) is 0.621. The molecule has 0 bridgehead atoms. The van der Waals surface area contributed by atoms with Gasteiger partial charge in [-0.15, -0.1) is 11.3 Å². The standard InChI is InChI=1S/C19H15FN4O2S/c20-11-5-6-12-13(9-11)22-18(21-12)15-3-1-7-24(15)19(25)14-10-16(26-23-14)17-4-2-8-27-17/h2,4-6,8-10,15H,1,3,7H2,(H,21,22). The van der Waals surface area contributed by atoms with Gasteiger partial charge >= 0.3 is 0 Å². The average molecular weight is 382 g/mol. The van der Waals surface area contributed by atoms with Crippen molar-refractivity contribution >= 4 is 28.3 Å². The van der Waals surface area contributed by atoms with Gasteiger partial charge in [0.25, 0.3) is 5.91 Å². The van der Waals surface area contributed by atoms with Gasteiger partial charge < -0.3 is 14.4 Å². The van der Waals surface area contributed by atoms with Crippen molar-refractivity contribution in [2.24, 2.45) is 0 Å². The number of rotatable bonds is 3. The molecule has 0 saturated carbocycles. The largest absolute Gasteiger partial charge is 0.355 e. The van der Waals surface area contributed by atoms with Crippen molar-refractivity contribution in [2.45, 2.75) is 18.9 Å². The maximum Gasteiger partial charge on any atom is 0.276 e. The summed E-state index contributed by atoms with van der Waals surface area (Å²) < 4.78 is 18.8. The number of likely N-dealkylation sites (tertiary alicyclic amines) is 1. The summed E-state index contributed by atoms with van der Waals surface area (Å²) in [6.07, 6.45) is 1.67. The zero-order valence-corrected chi connectivity index (χ0v) is 15.0. The summed E-state index contributed by atoms with van der Waals surface area (Å²) in [5.41, 5.74) is 1.60. The van der Waals surface area contributed by atoms with E-state index in [1.54, 1.807) is 17.0 Å². The predicted octanol–water partition coefficient (Wildman–Crippen LogP) is 4.40. The first kappa shape index (κ1) is 16.2. The van der Waals surface area contributed by atoms with Crippen molar-refractivity contribution in [1.82, 2.24) is 20.0 Å². The van der Waals surface area contributed by atoms with Gasteiger partial charge in [-0.05, 0) is 42.5 Å². The highest BCUT2D eigenvalue weighted by molar-refractivity contribution is 7.13. The van der Waals surface area contributed by atoms with Crippen molar-refractivity contribution in [2.75, 3.05) is 6.54 Å². The number of imidazole rings is 1. The molecule has 0 spiro atoms. The Hall–Kier alpha value is -3.00. The van der Waals surface area contributed by atoms with E-state index < -0.39 is 0 Å². The lowest BCUT2D eigenvalue weighted by Crippen LogP contribution is -2.31. The van der Waals surface area contributed by atoms with Crippen LogP contribution in [0.5, 0.6) is 0 Å². The van der Waals surface area contributed by atoms with Gasteiger partial charge in [0.15, 0.2) is 11.5 Å². The maximum absolute atomic E-state index is 13.4. The number of nitrogens with one attached hydrogen (secondary N) is 1. The summed E-state index contributed by atoms with van der Waals surface area (Å²) in [6, 6.07) is 9.77. The minimum Gasteiger partial charge on any atom is -0.355 e. The molecule has 27 heavy (non-hydrogen) atoms. The van der Waals surface area contributed by atoms with Crippen LogP contribution in [0.1, 0.15) is 35.2 Å². The summed E-state index contributed by atoms with van der Waals surface area (Å²) in [4.78, 5) is 23.4. The van der Waals surface area contributed by atoms with Gasteiger partial charge in [0.05, 0.1) is 22.0 Å². The third-order valence-electron chi connectivity index (χ3n) is 4.78. The van der Waals surface area contributed by atoms with Crippen LogP contribution in [-0.4, -0.2) is 32.5 Å². The summed E-state index contributed by atoms with van der Waals surface area (Å²) >= 11 is 1.53. The molecular formula is C19H15FN4O2S. The molecule has 4 aromatic rings. The molecule has 1 atom stereocenters. The van der Waals surface area contributed by atoms with Gasteiger partial charge in [0, 0.05) is 12.6 Å². The highest BCUT2D eigenvalue weighted by Crippen LogP contribution is 2.33. The molecule has 1 amide bonds. The van der Waals surface area contributed by atoms with Crippen LogP contribution in [0.25, 0.3) is 21.7 Å². The summed E-state index contributed by atoms with van der Waals surface area (Å²) in [7, 11) is 0. The second kappa shape index (κ2) is 6.31. The van der Waals surface area contributed by atoms with Gasteiger partial charge in [-0.25, -0.2) is 9.37 Å². The third-order valence-corrected chi connectivity index (χ3v) is 5.67. The molecule has 0 aliphatic carbocycles. The molecule has 1 fully saturated rings. The number of hydrogen-bond donors (Lipinski definition) is 1. The molecular weight excluding hydrogens is 367 g/mol. The first-order chi connectivity index (χ1) is 13.2. The molecule has 6 nitrogen and oxygen atoms in total. The van der Waals surface area contributed by atoms with E-state index in [-0.39, 0.29) is 23.5 Å². The first-order valence-electron chi connectivity index (χ1n) is 8.66. The number of aromatic amines is 1. The zero-order valence-electron chi connectivity index (χ0n) is 14.2. The van der Waals surface area contributed by atoms with Crippen LogP contribution in [0, 0.1) is 5.82 Å². The van der Waals surface area contributed by atoms with Crippen LogP contribution < -0.4 is 0 Å². The fourth-order valence-corrected chi connectivity index (χ4v) is 4.18. The van der Waals surface area contributed by atoms with Gasteiger partial charge in [-0.2, -0.15) is 0 Å². The third kappa shape index (κ3) is 2.82. The molecule has 1 aromatic carbocycles. The first-order valence-corrected chi connectivity index (χ1v) is 9.54. The Kier molecular flexibility index (Phi) is 3.78. The Bertz CT molecular complexity index is 1120. The topological polar surface area (TPSA) is 75.0 Å². The van der Waals surface area contributed by atoms with Crippen molar-refractivity contribution in [1.29, 1.82) is 0 Å². The molecule has 1 unspecified atom stereocenters. The van der Waals surface area contributed by atoms with E-state index in [0.29, 0.717) is 29.2 Å². The van der Waals surface area contributed by atoms with Crippen LogP contribution in [0.4, 0.5) is 4.39 Å². The van der Waals surface area contributed by atoms with Crippen LogP contribution in [0.15, 0.2) is 46.3 Å². The Balaban J connectivity index is 1.44. The lowest BCUT2D eigenvalue weighted by molar-refractivity contribution is 0.0720.